The first-order valence-electron chi connectivity index (χ1n) is 7.01. The third-order valence-electron chi connectivity index (χ3n) is 3.54. The second-order valence-electron chi connectivity index (χ2n) is 5.85. The van der Waals surface area contributed by atoms with E-state index in [1.807, 2.05) is 44.2 Å². The fourth-order valence-electron chi connectivity index (χ4n) is 2.11. The van der Waals surface area contributed by atoms with Crippen molar-refractivity contribution >= 4 is 24.5 Å². The van der Waals surface area contributed by atoms with Gasteiger partial charge in [0.15, 0.2) is 0 Å². The van der Waals surface area contributed by atoms with Crippen LogP contribution in [0.2, 0.25) is 0 Å². The lowest BCUT2D eigenvalue weighted by molar-refractivity contribution is -0.143. The average Bonchev–Trinajstić information content (AvgIpc) is 2.45. The van der Waals surface area contributed by atoms with Crippen molar-refractivity contribution in [3.63, 3.8) is 0 Å². The molecule has 0 fully saturated rings. The minimum absolute atomic E-state index is 0.186. The third kappa shape index (κ3) is 4.49. The van der Waals surface area contributed by atoms with Crippen molar-refractivity contribution < 1.29 is 14.7 Å². The Morgan fingerprint density at radius 2 is 1.86 bits per heavy atom. The van der Waals surface area contributed by atoms with Crippen LogP contribution < -0.4 is 5.32 Å². The summed E-state index contributed by atoms with van der Waals surface area (Å²) in [6, 6.07) is 8.42. The Morgan fingerprint density at radius 1 is 1.29 bits per heavy atom. The predicted molar refractivity (Wildman–Crippen MR) is 86.7 cm³/mol. The summed E-state index contributed by atoms with van der Waals surface area (Å²) in [5.41, 5.74) is -0.0270. The Hall–Kier alpha value is -1.49. The van der Waals surface area contributed by atoms with Gasteiger partial charge in [0.05, 0.1) is 5.41 Å². The maximum atomic E-state index is 12.6. The minimum Gasteiger partial charge on any atom is -0.480 e. The molecule has 0 aliphatic carbocycles. The first-order valence-corrected chi connectivity index (χ1v) is 7.64. The molecule has 0 bridgehead atoms. The highest BCUT2D eigenvalue weighted by Crippen LogP contribution is 2.26. The smallest absolute Gasteiger partial charge is 0.326 e. The van der Waals surface area contributed by atoms with Gasteiger partial charge >= 0.3 is 5.97 Å². The number of rotatable bonds is 7. The molecule has 0 saturated heterocycles. The summed E-state index contributed by atoms with van der Waals surface area (Å²) in [7, 11) is 0. The van der Waals surface area contributed by atoms with Crippen molar-refractivity contribution in [2.24, 2.45) is 5.92 Å². The fourth-order valence-corrected chi connectivity index (χ4v) is 2.44. The predicted octanol–water partition coefficient (Wildman–Crippen LogP) is 2.49. The molecular weight excluding hydrogens is 286 g/mol. The molecule has 1 aromatic carbocycles. The monoisotopic (exact) mass is 309 g/mol. The lowest BCUT2D eigenvalue weighted by Crippen LogP contribution is -2.50. The largest absolute Gasteiger partial charge is 0.480 e. The molecule has 0 heterocycles. The molecule has 2 N–H and O–H groups in total. The molecule has 0 saturated carbocycles. The Morgan fingerprint density at radius 3 is 2.29 bits per heavy atom. The van der Waals surface area contributed by atoms with Gasteiger partial charge in [-0.15, -0.1) is 0 Å². The topological polar surface area (TPSA) is 66.4 Å². The number of carbonyl (C=O) groups excluding carboxylic acids is 1. The molecule has 0 aromatic heterocycles. The molecule has 0 aliphatic rings. The number of aliphatic carboxylic acids is 1. The highest BCUT2D eigenvalue weighted by atomic mass is 32.1. The van der Waals surface area contributed by atoms with Gasteiger partial charge in [0.1, 0.15) is 6.04 Å². The number of amides is 1. The zero-order chi connectivity index (χ0) is 16.0. The second kappa shape index (κ2) is 7.50. The molecule has 0 radical (unpaired) electrons. The van der Waals surface area contributed by atoms with Crippen LogP contribution >= 0.6 is 12.6 Å². The Kier molecular flexibility index (Phi) is 6.27. The molecule has 1 aromatic rings. The quantitative estimate of drug-likeness (QED) is 0.678. The summed E-state index contributed by atoms with van der Waals surface area (Å²) >= 11 is 4.29. The summed E-state index contributed by atoms with van der Waals surface area (Å²) in [6.45, 7) is 5.63. The number of benzene rings is 1. The van der Waals surface area contributed by atoms with E-state index >= 15 is 0 Å². The van der Waals surface area contributed by atoms with Gasteiger partial charge in [0, 0.05) is 5.75 Å². The molecule has 0 aliphatic heterocycles. The molecule has 5 heteroatoms. The van der Waals surface area contributed by atoms with Crippen molar-refractivity contribution in [2.45, 2.75) is 38.6 Å². The average molecular weight is 309 g/mol. The number of thiol groups is 1. The normalized spacial score (nSPS) is 15.3. The van der Waals surface area contributed by atoms with Crippen LogP contribution in [-0.2, 0) is 15.0 Å². The summed E-state index contributed by atoms with van der Waals surface area (Å²) in [4.78, 5) is 23.9. The molecule has 2 unspecified atom stereocenters. The van der Waals surface area contributed by atoms with E-state index in [-0.39, 0.29) is 11.8 Å². The van der Waals surface area contributed by atoms with Crippen molar-refractivity contribution in [2.75, 3.05) is 5.75 Å². The van der Waals surface area contributed by atoms with Crippen molar-refractivity contribution in [3.05, 3.63) is 35.9 Å². The highest BCUT2D eigenvalue weighted by Gasteiger charge is 2.36. The molecule has 0 spiro atoms. The highest BCUT2D eigenvalue weighted by molar-refractivity contribution is 7.80. The number of carboxylic acid groups (broad SMARTS) is 1. The zero-order valence-corrected chi connectivity index (χ0v) is 13.6. The van der Waals surface area contributed by atoms with Crippen molar-refractivity contribution in [1.82, 2.24) is 5.32 Å². The maximum Gasteiger partial charge on any atom is 0.326 e. The van der Waals surface area contributed by atoms with Crippen LogP contribution in [0.3, 0.4) is 0 Å². The maximum absolute atomic E-state index is 12.6. The van der Waals surface area contributed by atoms with Crippen LogP contribution in [0.1, 0.15) is 32.8 Å². The van der Waals surface area contributed by atoms with E-state index in [0.29, 0.717) is 12.2 Å². The van der Waals surface area contributed by atoms with Gasteiger partial charge in [-0.2, -0.15) is 12.6 Å². The van der Waals surface area contributed by atoms with Gasteiger partial charge in [-0.05, 0) is 24.8 Å². The SMILES string of the molecule is CC(C)CC(NC(=O)C(C)(CS)c1ccccc1)C(=O)O. The van der Waals surface area contributed by atoms with Crippen LogP contribution in [0.25, 0.3) is 0 Å². The van der Waals surface area contributed by atoms with E-state index in [0.717, 1.165) is 5.56 Å². The third-order valence-corrected chi connectivity index (χ3v) is 4.17. The molecule has 21 heavy (non-hydrogen) atoms. The van der Waals surface area contributed by atoms with Crippen LogP contribution in [0, 0.1) is 5.92 Å². The molecule has 1 rings (SSSR count). The van der Waals surface area contributed by atoms with E-state index < -0.39 is 17.4 Å². The summed E-state index contributed by atoms with van der Waals surface area (Å²) in [5.74, 6) is -0.828. The number of carbonyl (C=O) groups is 2. The standard InChI is InChI=1S/C16H23NO3S/c1-11(2)9-13(14(18)19)17-15(20)16(3,10-21)12-7-5-4-6-8-12/h4-8,11,13,21H,9-10H2,1-3H3,(H,17,20)(H,18,19). The number of hydrogen-bond donors (Lipinski definition) is 3. The first kappa shape index (κ1) is 17.6. The van der Waals surface area contributed by atoms with Crippen molar-refractivity contribution in [3.8, 4) is 0 Å². The van der Waals surface area contributed by atoms with E-state index in [1.54, 1.807) is 6.92 Å². The summed E-state index contributed by atoms with van der Waals surface area (Å²) in [6.07, 6.45) is 0.401. The van der Waals surface area contributed by atoms with Gasteiger partial charge in [0.2, 0.25) is 5.91 Å². The van der Waals surface area contributed by atoms with Gasteiger partial charge in [-0.25, -0.2) is 4.79 Å². The molecule has 116 valence electrons. The van der Waals surface area contributed by atoms with E-state index in [2.05, 4.69) is 17.9 Å². The zero-order valence-electron chi connectivity index (χ0n) is 12.7. The first-order chi connectivity index (χ1) is 9.81. The Labute approximate surface area is 131 Å². The van der Waals surface area contributed by atoms with Gasteiger partial charge < -0.3 is 10.4 Å². The van der Waals surface area contributed by atoms with Gasteiger partial charge in [-0.1, -0.05) is 44.2 Å². The molecular formula is C16H23NO3S. The fraction of sp³-hybridized carbons (Fsp3) is 0.500. The molecule has 2 atom stereocenters. The summed E-state index contributed by atoms with van der Waals surface area (Å²) < 4.78 is 0. The molecule has 1 amide bonds. The van der Waals surface area contributed by atoms with Crippen LogP contribution in [0.5, 0.6) is 0 Å². The Balaban J connectivity index is 2.95. The van der Waals surface area contributed by atoms with Gasteiger partial charge in [0.25, 0.3) is 0 Å². The van der Waals surface area contributed by atoms with Crippen molar-refractivity contribution in [1.29, 1.82) is 0 Å². The Bertz CT molecular complexity index is 490. The van der Waals surface area contributed by atoms with Crippen LogP contribution in [-0.4, -0.2) is 28.8 Å². The molecule has 4 nitrogen and oxygen atoms in total. The minimum atomic E-state index is -1.01. The lowest BCUT2D eigenvalue weighted by Gasteiger charge is -2.29. The number of hydrogen-bond acceptors (Lipinski definition) is 3. The van der Waals surface area contributed by atoms with E-state index in [9.17, 15) is 14.7 Å². The summed E-state index contributed by atoms with van der Waals surface area (Å²) in [5, 5.41) is 11.9. The van der Waals surface area contributed by atoms with Crippen LogP contribution in [0.4, 0.5) is 0 Å². The number of nitrogens with one attached hydrogen (secondary N) is 1. The second-order valence-corrected chi connectivity index (χ2v) is 6.17. The van der Waals surface area contributed by atoms with Crippen LogP contribution in [0.15, 0.2) is 30.3 Å². The number of carboxylic acids is 1. The lowest BCUT2D eigenvalue weighted by atomic mass is 9.83. The van der Waals surface area contributed by atoms with Gasteiger partial charge in [-0.3, -0.25) is 4.79 Å². The van der Waals surface area contributed by atoms with E-state index in [4.69, 9.17) is 0 Å². The van der Waals surface area contributed by atoms with E-state index in [1.165, 1.54) is 0 Å².